The number of methoxy groups -OCH3 is 2. The number of Topliss-reactive ketones (excluding diaryl/α,β-unsaturated/α-hetero) is 2. The molecule has 42 heavy (non-hydrogen) atoms. The summed E-state index contributed by atoms with van der Waals surface area (Å²) in [5, 5.41) is 0.639. The molecule has 1 aliphatic heterocycles. The van der Waals surface area contributed by atoms with Crippen LogP contribution < -0.4 is 9.47 Å². The predicted octanol–water partition coefficient (Wildman–Crippen LogP) is 7.86. The maximum absolute atomic E-state index is 14.0. The number of rotatable bonds is 8. The lowest BCUT2D eigenvalue weighted by Crippen LogP contribution is -2.45. The Morgan fingerprint density at radius 3 is 2.07 bits per heavy atom. The standard InChI is InChI=1S/C34H39ClINO5/c1-33(2)15-24-30(26(38)17-33)29(31-25(37(24)11-12-40-5)16-34(3,4)18-27(31)39)21-13-23(36)32(28(14-21)41-6)42-19-20-9-7-8-10-22(20)35/h7-10,13-14,29H,11-12,15-19H2,1-6H3. The summed E-state index contributed by atoms with van der Waals surface area (Å²) in [6.45, 7) is 9.98. The highest BCUT2D eigenvalue weighted by molar-refractivity contribution is 14.1. The van der Waals surface area contributed by atoms with E-state index in [1.807, 2.05) is 36.4 Å². The lowest BCUT2D eigenvalue weighted by Gasteiger charge is -2.49. The summed E-state index contributed by atoms with van der Waals surface area (Å²) in [6.07, 6.45) is 2.39. The van der Waals surface area contributed by atoms with E-state index in [0.717, 1.165) is 50.1 Å². The number of carbonyl (C=O) groups excluding carboxylic acids is 2. The fourth-order valence-corrected chi connectivity index (χ4v) is 7.62. The van der Waals surface area contributed by atoms with Gasteiger partial charge in [-0.25, -0.2) is 0 Å². The number of ketones is 2. The minimum absolute atomic E-state index is 0.103. The molecule has 5 rings (SSSR count). The van der Waals surface area contributed by atoms with E-state index in [2.05, 4.69) is 55.2 Å². The molecule has 0 bridgehead atoms. The fourth-order valence-electron chi connectivity index (χ4n) is 6.65. The van der Waals surface area contributed by atoms with E-state index in [9.17, 15) is 9.59 Å². The van der Waals surface area contributed by atoms with E-state index in [0.29, 0.717) is 42.5 Å². The molecule has 2 aromatic carbocycles. The molecule has 0 saturated carbocycles. The third kappa shape index (κ3) is 6.02. The molecule has 0 radical (unpaired) electrons. The molecule has 0 fully saturated rings. The topological polar surface area (TPSA) is 65.1 Å². The average Bonchev–Trinajstić information content (AvgIpc) is 2.90. The van der Waals surface area contributed by atoms with Gasteiger partial charge < -0.3 is 19.1 Å². The van der Waals surface area contributed by atoms with Crippen molar-refractivity contribution in [3.8, 4) is 11.5 Å². The van der Waals surface area contributed by atoms with Crippen LogP contribution in [0.2, 0.25) is 5.02 Å². The molecule has 8 heteroatoms. The van der Waals surface area contributed by atoms with Gasteiger partial charge >= 0.3 is 0 Å². The first-order valence-corrected chi connectivity index (χ1v) is 15.8. The van der Waals surface area contributed by atoms with Gasteiger partial charge in [0, 0.05) is 65.5 Å². The number of ether oxygens (including phenoxy) is 3. The molecular weight excluding hydrogens is 665 g/mol. The Bertz CT molecular complexity index is 1440. The second kappa shape index (κ2) is 12.0. The normalized spacial score (nSPS) is 20.0. The van der Waals surface area contributed by atoms with E-state index in [4.69, 9.17) is 25.8 Å². The van der Waals surface area contributed by atoms with Gasteiger partial charge in [0.25, 0.3) is 0 Å². The molecule has 0 amide bonds. The van der Waals surface area contributed by atoms with E-state index >= 15 is 0 Å². The lowest BCUT2D eigenvalue weighted by atomic mass is 9.63. The molecule has 3 aliphatic rings. The van der Waals surface area contributed by atoms with Gasteiger partial charge in [-0.05, 0) is 70.0 Å². The fraction of sp³-hybridized carbons (Fsp3) is 0.471. The van der Waals surface area contributed by atoms with E-state index < -0.39 is 5.92 Å². The van der Waals surface area contributed by atoms with Gasteiger partial charge in [0.2, 0.25) is 0 Å². The highest BCUT2D eigenvalue weighted by atomic mass is 127. The molecule has 0 spiro atoms. The monoisotopic (exact) mass is 703 g/mol. The highest BCUT2D eigenvalue weighted by Gasteiger charge is 2.49. The van der Waals surface area contributed by atoms with Crippen LogP contribution in [0, 0.1) is 14.4 Å². The van der Waals surface area contributed by atoms with Crippen molar-refractivity contribution in [1.29, 1.82) is 0 Å². The number of halogens is 2. The molecule has 2 aliphatic carbocycles. The average molecular weight is 704 g/mol. The Morgan fingerprint density at radius 1 is 0.929 bits per heavy atom. The molecule has 1 heterocycles. The molecular formula is C34H39ClINO5. The molecule has 0 unspecified atom stereocenters. The van der Waals surface area contributed by atoms with Crippen LogP contribution >= 0.6 is 34.2 Å². The number of hydrogen-bond acceptors (Lipinski definition) is 6. The third-order valence-corrected chi connectivity index (χ3v) is 9.63. The molecule has 2 aromatic rings. The lowest BCUT2D eigenvalue weighted by molar-refractivity contribution is -0.119. The summed E-state index contributed by atoms with van der Waals surface area (Å²) in [6, 6.07) is 11.6. The summed E-state index contributed by atoms with van der Waals surface area (Å²) in [5.41, 5.74) is 4.90. The maximum atomic E-state index is 14.0. The van der Waals surface area contributed by atoms with Crippen molar-refractivity contribution >= 4 is 45.8 Å². The molecule has 0 saturated heterocycles. The van der Waals surface area contributed by atoms with Crippen molar-refractivity contribution < 1.29 is 23.8 Å². The minimum atomic E-state index is -0.457. The summed E-state index contributed by atoms with van der Waals surface area (Å²) < 4.78 is 18.4. The molecule has 224 valence electrons. The Balaban J connectivity index is 1.66. The Hall–Kier alpha value is -2.36. The second-order valence-corrected chi connectivity index (χ2v) is 14.7. The first-order valence-electron chi connectivity index (χ1n) is 14.4. The van der Waals surface area contributed by atoms with Gasteiger partial charge in [-0.2, -0.15) is 0 Å². The van der Waals surface area contributed by atoms with Crippen molar-refractivity contribution in [2.75, 3.05) is 27.4 Å². The first-order chi connectivity index (χ1) is 19.9. The van der Waals surface area contributed by atoms with Gasteiger partial charge in [-0.1, -0.05) is 57.5 Å². The SMILES string of the molecule is COCCN1C2=C(C(=O)CC(C)(C)C2)C(c2cc(I)c(OCc3ccccc3Cl)c(OC)c2)C2=C1CC(C)(C)CC2=O. The van der Waals surface area contributed by atoms with E-state index in [-0.39, 0.29) is 29.0 Å². The smallest absolute Gasteiger partial charge is 0.174 e. The third-order valence-electron chi connectivity index (χ3n) is 8.46. The zero-order valence-electron chi connectivity index (χ0n) is 25.2. The summed E-state index contributed by atoms with van der Waals surface area (Å²) in [5.74, 6) is 0.912. The van der Waals surface area contributed by atoms with Crippen LogP contribution in [0.4, 0.5) is 0 Å². The van der Waals surface area contributed by atoms with Crippen LogP contribution in [-0.4, -0.2) is 43.8 Å². The summed E-state index contributed by atoms with van der Waals surface area (Å²) >= 11 is 8.63. The molecule has 0 aromatic heterocycles. The largest absolute Gasteiger partial charge is 0.493 e. The number of carbonyl (C=O) groups is 2. The van der Waals surface area contributed by atoms with Gasteiger partial charge in [0.15, 0.2) is 23.1 Å². The van der Waals surface area contributed by atoms with E-state index in [1.165, 1.54) is 0 Å². The Morgan fingerprint density at radius 2 is 1.52 bits per heavy atom. The highest BCUT2D eigenvalue weighted by Crippen LogP contribution is 2.55. The molecule has 6 nitrogen and oxygen atoms in total. The van der Waals surface area contributed by atoms with Crippen LogP contribution in [-0.2, 0) is 20.9 Å². The molecule has 0 N–H and O–H groups in total. The maximum Gasteiger partial charge on any atom is 0.174 e. The van der Waals surface area contributed by atoms with Crippen molar-refractivity contribution in [2.24, 2.45) is 10.8 Å². The number of nitrogens with zero attached hydrogens (tertiary/aromatic N) is 1. The quantitative estimate of drug-likeness (QED) is 0.261. The zero-order valence-corrected chi connectivity index (χ0v) is 28.1. The van der Waals surface area contributed by atoms with Crippen LogP contribution in [0.5, 0.6) is 11.5 Å². The minimum Gasteiger partial charge on any atom is -0.493 e. The van der Waals surface area contributed by atoms with Crippen molar-refractivity contribution in [1.82, 2.24) is 4.90 Å². The summed E-state index contributed by atoms with van der Waals surface area (Å²) in [4.78, 5) is 30.3. The van der Waals surface area contributed by atoms with Crippen LogP contribution in [0.1, 0.15) is 70.4 Å². The van der Waals surface area contributed by atoms with Crippen molar-refractivity contribution in [3.05, 3.63) is 78.7 Å². The summed E-state index contributed by atoms with van der Waals surface area (Å²) in [7, 11) is 3.30. The Labute approximate surface area is 267 Å². The van der Waals surface area contributed by atoms with Gasteiger partial charge in [0.05, 0.1) is 17.3 Å². The molecule has 0 atom stereocenters. The Kier molecular flexibility index (Phi) is 8.85. The van der Waals surface area contributed by atoms with Crippen LogP contribution in [0.3, 0.4) is 0 Å². The van der Waals surface area contributed by atoms with Gasteiger partial charge in [-0.15, -0.1) is 0 Å². The zero-order chi connectivity index (χ0) is 30.4. The predicted molar refractivity (Wildman–Crippen MR) is 173 cm³/mol. The number of allylic oxidation sites excluding steroid dienone is 4. The van der Waals surface area contributed by atoms with Crippen molar-refractivity contribution in [3.63, 3.8) is 0 Å². The number of hydrogen-bond donors (Lipinski definition) is 0. The first kappa shape index (κ1) is 31.1. The van der Waals surface area contributed by atoms with Gasteiger partial charge in [0.1, 0.15) is 6.61 Å². The van der Waals surface area contributed by atoms with E-state index in [1.54, 1.807) is 14.2 Å². The van der Waals surface area contributed by atoms with Gasteiger partial charge in [-0.3, -0.25) is 9.59 Å². The second-order valence-electron chi connectivity index (χ2n) is 13.1. The van der Waals surface area contributed by atoms with Crippen molar-refractivity contribution in [2.45, 2.75) is 65.9 Å². The van der Waals surface area contributed by atoms with Crippen LogP contribution in [0.25, 0.3) is 0 Å². The number of benzene rings is 2. The van der Waals surface area contributed by atoms with Crippen LogP contribution in [0.15, 0.2) is 58.9 Å².